The maximum atomic E-state index is 13.1. The van der Waals surface area contributed by atoms with Crippen LogP contribution in [0.5, 0.6) is 0 Å². The summed E-state index contributed by atoms with van der Waals surface area (Å²) in [5.74, 6) is -0.414. The summed E-state index contributed by atoms with van der Waals surface area (Å²) >= 11 is 0. The molecule has 0 radical (unpaired) electrons. The van der Waals surface area contributed by atoms with Gasteiger partial charge in [0.1, 0.15) is 0 Å². The molecule has 1 spiro atoms. The number of hydrogen-bond donors (Lipinski definition) is 4. The minimum absolute atomic E-state index is 0.0125. The Labute approximate surface area is 148 Å². The van der Waals surface area contributed by atoms with Crippen molar-refractivity contribution in [2.75, 3.05) is 13.2 Å². The molecule has 25 heavy (non-hydrogen) atoms. The van der Waals surface area contributed by atoms with E-state index in [4.69, 9.17) is 0 Å². The summed E-state index contributed by atoms with van der Waals surface area (Å²) in [7, 11) is 0. The summed E-state index contributed by atoms with van der Waals surface area (Å²) in [6.07, 6.45) is 5.16. The number of carbonyl (C=O) groups excluding carboxylic acids is 1. The lowest BCUT2D eigenvalue weighted by molar-refractivity contribution is -0.187. The maximum Gasteiger partial charge on any atom is 0.160 e. The maximum absolute atomic E-state index is 13.1. The predicted molar refractivity (Wildman–Crippen MR) is 91.5 cm³/mol. The Morgan fingerprint density at radius 2 is 1.88 bits per heavy atom. The number of rotatable bonds is 2. The van der Waals surface area contributed by atoms with E-state index >= 15 is 0 Å². The lowest BCUT2D eigenvalue weighted by atomic mass is 9.41. The Morgan fingerprint density at radius 3 is 2.52 bits per heavy atom. The van der Waals surface area contributed by atoms with Gasteiger partial charge in [-0.15, -0.1) is 0 Å². The highest BCUT2D eigenvalue weighted by atomic mass is 16.3. The molecule has 4 aliphatic carbocycles. The molecule has 140 valence electrons. The van der Waals surface area contributed by atoms with E-state index in [1.54, 1.807) is 6.08 Å². The average Bonchev–Trinajstić information content (AvgIpc) is 2.92. The molecule has 0 aromatic heterocycles. The highest BCUT2D eigenvalue weighted by Gasteiger charge is 2.70. The molecule has 0 heterocycles. The van der Waals surface area contributed by atoms with Crippen LogP contribution >= 0.6 is 0 Å². The van der Waals surface area contributed by atoms with Crippen LogP contribution < -0.4 is 0 Å². The second-order valence-electron chi connectivity index (χ2n) is 9.59. The molecule has 0 aliphatic heterocycles. The molecule has 4 rings (SSSR count). The number of aliphatic hydroxyl groups excluding tert-OH is 3. The fraction of sp³-hybridized carbons (Fsp3) is 0.850. The van der Waals surface area contributed by atoms with Crippen LogP contribution in [0, 0.1) is 28.1 Å². The number of fused-ring (bicyclic) bond motifs is 2. The van der Waals surface area contributed by atoms with Crippen LogP contribution in [0.3, 0.4) is 0 Å². The third kappa shape index (κ3) is 1.90. The predicted octanol–water partition coefficient (Wildman–Crippen LogP) is 1.18. The van der Waals surface area contributed by atoms with Crippen molar-refractivity contribution in [3.63, 3.8) is 0 Å². The molecular weight excluding hydrogens is 320 g/mol. The zero-order chi connectivity index (χ0) is 18.3. The van der Waals surface area contributed by atoms with Crippen LogP contribution in [-0.4, -0.2) is 51.1 Å². The summed E-state index contributed by atoms with van der Waals surface area (Å²) in [4.78, 5) is 13.1. The molecular formula is C20H30O5. The molecule has 0 saturated heterocycles. The van der Waals surface area contributed by atoms with Gasteiger partial charge in [0.2, 0.25) is 0 Å². The number of ketones is 1. The highest BCUT2D eigenvalue weighted by molar-refractivity contribution is 5.95. The van der Waals surface area contributed by atoms with Crippen molar-refractivity contribution in [2.45, 2.75) is 64.1 Å². The van der Waals surface area contributed by atoms with E-state index in [1.165, 1.54) is 0 Å². The molecule has 5 nitrogen and oxygen atoms in total. The standard InChI is InChI=1S/C20H30O5/c1-17(10-21)15(24)3-4-18(2)16(17)14(23)8-12-7-13-9-19(12,18)5-6-20(13,25)11-22/h8,13,15-16,21-22,24-25H,3-7,9-11H2,1-2H3/t13-,15-,16+,17-,18+,19+,20+/m1/s1. The molecule has 3 saturated carbocycles. The lowest BCUT2D eigenvalue weighted by Crippen LogP contribution is -2.63. The Bertz CT molecular complexity index is 644. The number of allylic oxidation sites excluding steroid dienone is 2. The molecule has 7 atom stereocenters. The SMILES string of the molecule is C[C@@]1(CO)[C@H](O)CC[C@@]2(C)[C@H]1C(=O)C=C1C[C@@H]3C[C@@]12CC[C@]3(O)CO. The van der Waals surface area contributed by atoms with Gasteiger partial charge < -0.3 is 20.4 Å². The van der Waals surface area contributed by atoms with Gasteiger partial charge in [-0.3, -0.25) is 4.79 Å². The first-order chi connectivity index (χ1) is 11.7. The number of aliphatic hydroxyl groups is 4. The van der Waals surface area contributed by atoms with Crippen LogP contribution in [0.25, 0.3) is 0 Å². The highest BCUT2D eigenvalue weighted by Crippen LogP contribution is 2.73. The molecule has 4 aliphatic rings. The largest absolute Gasteiger partial charge is 0.396 e. The van der Waals surface area contributed by atoms with Gasteiger partial charge >= 0.3 is 0 Å². The summed E-state index contributed by atoms with van der Waals surface area (Å²) in [6, 6.07) is 0. The monoisotopic (exact) mass is 350 g/mol. The second kappa shape index (κ2) is 5.16. The fourth-order valence-corrected chi connectivity index (χ4v) is 7.09. The fourth-order valence-electron chi connectivity index (χ4n) is 7.09. The summed E-state index contributed by atoms with van der Waals surface area (Å²) < 4.78 is 0. The van der Waals surface area contributed by atoms with E-state index in [9.17, 15) is 25.2 Å². The third-order valence-electron chi connectivity index (χ3n) is 8.72. The topological polar surface area (TPSA) is 98.0 Å². The van der Waals surface area contributed by atoms with E-state index < -0.39 is 23.0 Å². The number of carbonyl (C=O) groups is 1. The molecule has 0 unspecified atom stereocenters. The van der Waals surface area contributed by atoms with Crippen LogP contribution in [0.1, 0.15) is 52.4 Å². The van der Waals surface area contributed by atoms with Gasteiger partial charge in [-0.05, 0) is 61.3 Å². The Kier molecular flexibility index (Phi) is 3.64. The first-order valence-corrected chi connectivity index (χ1v) is 9.54. The van der Waals surface area contributed by atoms with Crippen LogP contribution in [0.2, 0.25) is 0 Å². The zero-order valence-corrected chi connectivity index (χ0v) is 15.2. The first-order valence-electron chi connectivity index (χ1n) is 9.54. The van der Waals surface area contributed by atoms with E-state index in [-0.39, 0.29) is 35.7 Å². The van der Waals surface area contributed by atoms with Gasteiger partial charge in [-0.25, -0.2) is 0 Å². The Hall–Kier alpha value is -0.750. The molecule has 5 heteroatoms. The first kappa shape index (κ1) is 17.7. The van der Waals surface area contributed by atoms with Crippen LogP contribution in [-0.2, 0) is 4.79 Å². The van der Waals surface area contributed by atoms with Gasteiger partial charge in [0, 0.05) is 11.3 Å². The molecule has 0 amide bonds. The summed E-state index contributed by atoms with van der Waals surface area (Å²) in [5.41, 5.74) is -1.23. The zero-order valence-electron chi connectivity index (χ0n) is 15.2. The van der Waals surface area contributed by atoms with Crippen LogP contribution in [0.15, 0.2) is 11.6 Å². The van der Waals surface area contributed by atoms with Gasteiger partial charge in [-0.2, -0.15) is 0 Å². The minimum atomic E-state index is -1.05. The second-order valence-corrected chi connectivity index (χ2v) is 9.59. The van der Waals surface area contributed by atoms with Gasteiger partial charge in [0.25, 0.3) is 0 Å². The molecule has 2 bridgehead atoms. The molecule has 4 N–H and O–H groups in total. The van der Waals surface area contributed by atoms with Crippen LogP contribution in [0.4, 0.5) is 0 Å². The summed E-state index contributed by atoms with van der Waals surface area (Å²) in [5, 5.41) is 41.2. The van der Waals surface area contributed by atoms with Gasteiger partial charge in [0.15, 0.2) is 5.78 Å². The van der Waals surface area contributed by atoms with Crippen molar-refractivity contribution in [3.8, 4) is 0 Å². The minimum Gasteiger partial charge on any atom is -0.396 e. The van der Waals surface area contributed by atoms with E-state index in [2.05, 4.69) is 6.92 Å². The van der Waals surface area contributed by atoms with E-state index in [0.29, 0.717) is 19.3 Å². The number of hydrogen-bond acceptors (Lipinski definition) is 5. The van der Waals surface area contributed by atoms with Crippen molar-refractivity contribution in [2.24, 2.45) is 28.1 Å². The Morgan fingerprint density at radius 1 is 1.16 bits per heavy atom. The summed E-state index contributed by atoms with van der Waals surface area (Å²) in [6.45, 7) is 3.56. The molecule has 0 aromatic carbocycles. The molecule has 0 aromatic rings. The average molecular weight is 350 g/mol. The van der Waals surface area contributed by atoms with Crippen molar-refractivity contribution in [3.05, 3.63) is 11.6 Å². The third-order valence-corrected chi connectivity index (χ3v) is 8.72. The van der Waals surface area contributed by atoms with E-state index in [0.717, 1.165) is 24.8 Å². The lowest BCUT2D eigenvalue weighted by Gasteiger charge is -2.63. The van der Waals surface area contributed by atoms with Gasteiger partial charge in [0.05, 0.1) is 24.9 Å². The van der Waals surface area contributed by atoms with Crippen molar-refractivity contribution < 1.29 is 25.2 Å². The smallest absolute Gasteiger partial charge is 0.160 e. The quantitative estimate of drug-likeness (QED) is 0.600. The van der Waals surface area contributed by atoms with Crippen molar-refractivity contribution in [1.29, 1.82) is 0 Å². The molecule has 3 fully saturated rings. The van der Waals surface area contributed by atoms with Crippen molar-refractivity contribution >= 4 is 5.78 Å². The Balaban J connectivity index is 1.85. The van der Waals surface area contributed by atoms with E-state index in [1.807, 2.05) is 6.92 Å². The van der Waals surface area contributed by atoms with Crippen molar-refractivity contribution in [1.82, 2.24) is 0 Å². The normalized spacial score (nSPS) is 54.7. The van der Waals surface area contributed by atoms with Gasteiger partial charge in [-0.1, -0.05) is 19.4 Å².